The number of ether oxygens (including phenoxy) is 1. The number of pyridine rings is 2. The Bertz CT molecular complexity index is 1700. The predicted molar refractivity (Wildman–Crippen MR) is 159 cm³/mol. The van der Waals surface area contributed by atoms with Crippen molar-refractivity contribution in [1.29, 1.82) is 0 Å². The van der Waals surface area contributed by atoms with Crippen molar-refractivity contribution in [2.45, 2.75) is 37.8 Å². The Morgan fingerprint density at radius 3 is 2.60 bits per heavy atom. The number of benzene rings is 2. The van der Waals surface area contributed by atoms with Crippen LogP contribution in [0, 0.1) is 11.7 Å². The van der Waals surface area contributed by atoms with Crippen LogP contribution in [0.15, 0.2) is 83.9 Å². The van der Waals surface area contributed by atoms with Gasteiger partial charge >= 0.3 is 0 Å². The summed E-state index contributed by atoms with van der Waals surface area (Å²) in [6.45, 7) is 5.01. The van der Waals surface area contributed by atoms with E-state index in [1.807, 2.05) is 49.1 Å². The molecule has 2 aromatic heterocycles. The van der Waals surface area contributed by atoms with E-state index < -0.39 is 21.7 Å². The summed E-state index contributed by atoms with van der Waals surface area (Å²) < 4.78 is 48.5. The number of sulfonamides is 1. The van der Waals surface area contributed by atoms with E-state index in [1.165, 1.54) is 36.4 Å². The Balaban J connectivity index is 1.57. The number of carbonyl (C=O) groups is 1. The molecule has 3 heterocycles. The van der Waals surface area contributed by atoms with Crippen LogP contribution in [0.1, 0.15) is 48.7 Å². The van der Waals surface area contributed by atoms with Crippen LogP contribution < -0.4 is 20.1 Å². The molecule has 1 atom stereocenters. The zero-order valence-electron chi connectivity index (χ0n) is 23.3. The number of nitrogens with one attached hydrogen (secondary N) is 1. The lowest BCUT2D eigenvalue weighted by Crippen LogP contribution is -2.34. The van der Waals surface area contributed by atoms with Gasteiger partial charge in [-0.05, 0) is 60.7 Å². The third-order valence-electron chi connectivity index (χ3n) is 6.83. The van der Waals surface area contributed by atoms with E-state index in [-0.39, 0.29) is 28.4 Å². The minimum Gasteiger partial charge on any atom is -0.493 e. The SMILES string of the molecule is CC(C)COc1cc(F)cc(-c2ccc(C(=O)NS(=O)(=O)c3cccc(N)n3)c(N3CCC[C@@H]3c3ccccc3)n2)c1. The summed E-state index contributed by atoms with van der Waals surface area (Å²) in [5, 5.41) is -0.376. The predicted octanol–water partition coefficient (Wildman–Crippen LogP) is 5.36. The van der Waals surface area contributed by atoms with E-state index in [0.29, 0.717) is 36.0 Å². The van der Waals surface area contributed by atoms with Gasteiger partial charge < -0.3 is 15.4 Å². The lowest BCUT2D eigenvalue weighted by Gasteiger charge is -2.28. The maximum absolute atomic E-state index is 14.6. The highest BCUT2D eigenvalue weighted by Gasteiger charge is 2.32. The first kappa shape index (κ1) is 29.0. The molecule has 5 rings (SSSR count). The molecular weight excluding hydrogens is 557 g/mol. The lowest BCUT2D eigenvalue weighted by atomic mass is 10.0. The number of amides is 1. The van der Waals surface area contributed by atoms with E-state index in [9.17, 15) is 17.6 Å². The molecule has 42 heavy (non-hydrogen) atoms. The minimum absolute atomic E-state index is 0.00615. The molecule has 0 spiro atoms. The van der Waals surface area contributed by atoms with Gasteiger partial charge in [0.2, 0.25) is 0 Å². The van der Waals surface area contributed by atoms with Gasteiger partial charge in [0, 0.05) is 18.2 Å². The van der Waals surface area contributed by atoms with E-state index in [4.69, 9.17) is 15.5 Å². The van der Waals surface area contributed by atoms with Crippen molar-refractivity contribution in [3.63, 3.8) is 0 Å². The molecule has 1 saturated heterocycles. The van der Waals surface area contributed by atoms with Crippen molar-refractivity contribution in [3.8, 4) is 17.0 Å². The molecule has 2 aromatic carbocycles. The maximum Gasteiger partial charge on any atom is 0.281 e. The van der Waals surface area contributed by atoms with E-state index in [1.54, 1.807) is 12.1 Å². The van der Waals surface area contributed by atoms with Gasteiger partial charge in [-0.25, -0.2) is 19.1 Å². The third kappa shape index (κ3) is 6.52. The Hall–Kier alpha value is -4.51. The van der Waals surface area contributed by atoms with Gasteiger partial charge in [0.25, 0.3) is 15.9 Å². The molecule has 1 fully saturated rings. The van der Waals surface area contributed by atoms with Crippen molar-refractivity contribution < 1.29 is 22.3 Å². The number of nitrogens with two attached hydrogens (primary N) is 1. The van der Waals surface area contributed by atoms with Gasteiger partial charge in [-0.15, -0.1) is 0 Å². The highest BCUT2D eigenvalue weighted by atomic mass is 32.2. The second kappa shape index (κ2) is 12.2. The molecule has 11 heteroatoms. The van der Waals surface area contributed by atoms with Crippen molar-refractivity contribution in [1.82, 2.24) is 14.7 Å². The zero-order valence-corrected chi connectivity index (χ0v) is 24.1. The molecule has 1 aliphatic rings. The molecule has 0 bridgehead atoms. The average Bonchev–Trinajstić information content (AvgIpc) is 3.46. The first-order valence-electron chi connectivity index (χ1n) is 13.7. The van der Waals surface area contributed by atoms with Gasteiger partial charge in [0.1, 0.15) is 23.2 Å². The largest absolute Gasteiger partial charge is 0.493 e. The number of hydrogen-bond acceptors (Lipinski definition) is 8. The fraction of sp³-hybridized carbons (Fsp3) is 0.258. The van der Waals surface area contributed by atoms with Crippen molar-refractivity contribution in [2.24, 2.45) is 5.92 Å². The van der Waals surface area contributed by atoms with Gasteiger partial charge in [-0.2, -0.15) is 8.42 Å². The number of halogens is 1. The van der Waals surface area contributed by atoms with Gasteiger partial charge in [-0.3, -0.25) is 4.79 Å². The minimum atomic E-state index is -4.33. The van der Waals surface area contributed by atoms with Gasteiger partial charge in [0.05, 0.1) is 23.9 Å². The van der Waals surface area contributed by atoms with E-state index in [0.717, 1.165) is 18.4 Å². The number of aromatic nitrogens is 2. The molecule has 0 aliphatic carbocycles. The summed E-state index contributed by atoms with van der Waals surface area (Å²) in [6, 6.07) is 21.3. The first-order chi connectivity index (χ1) is 20.1. The smallest absolute Gasteiger partial charge is 0.281 e. The number of hydrogen-bond donors (Lipinski definition) is 2. The molecule has 0 radical (unpaired) electrons. The second-order valence-electron chi connectivity index (χ2n) is 10.5. The molecule has 1 amide bonds. The van der Waals surface area contributed by atoms with Crippen LogP contribution in [0.4, 0.5) is 16.0 Å². The molecule has 9 nitrogen and oxygen atoms in total. The second-order valence-corrected chi connectivity index (χ2v) is 12.2. The Labute approximate surface area is 244 Å². The molecular formula is C31H32FN5O4S. The maximum atomic E-state index is 14.6. The Morgan fingerprint density at radius 2 is 1.86 bits per heavy atom. The van der Waals surface area contributed by atoms with E-state index in [2.05, 4.69) is 9.71 Å². The standard InChI is InChI=1S/C31H32FN5O4S/c1-20(2)19-41-24-17-22(16-23(32)18-24)26-14-13-25(31(38)36-42(39,40)29-12-6-11-28(33)35-29)30(34-26)37-15-7-10-27(37)21-8-4-3-5-9-21/h3-6,8-9,11-14,16-18,20,27H,7,10,15,19H2,1-2H3,(H2,33,35)(H,36,38)/t27-/m1/s1. The molecule has 0 unspecified atom stereocenters. The van der Waals surface area contributed by atoms with Crippen molar-refractivity contribution in [3.05, 3.63) is 95.8 Å². The lowest BCUT2D eigenvalue weighted by molar-refractivity contribution is 0.0981. The molecule has 0 saturated carbocycles. The van der Waals surface area contributed by atoms with Crippen molar-refractivity contribution >= 4 is 27.6 Å². The number of rotatable bonds is 9. The van der Waals surface area contributed by atoms with Crippen LogP contribution in [0.3, 0.4) is 0 Å². The molecule has 1 aliphatic heterocycles. The summed E-state index contributed by atoms with van der Waals surface area (Å²) >= 11 is 0. The quantitative estimate of drug-likeness (QED) is 0.267. The molecule has 3 N–H and O–H groups in total. The highest BCUT2D eigenvalue weighted by molar-refractivity contribution is 7.90. The van der Waals surface area contributed by atoms with Crippen molar-refractivity contribution in [2.75, 3.05) is 23.8 Å². The fourth-order valence-electron chi connectivity index (χ4n) is 4.91. The van der Waals surface area contributed by atoms with Gasteiger partial charge in [-0.1, -0.05) is 50.2 Å². The van der Waals surface area contributed by atoms with E-state index >= 15 is 0 Å². The first-order valence-corrected chi connectivity index (χ1v) is 15.1. The fourth-order valence-corrected chi connectivity index (χ4v) is 5.86. The molecule has 4 aromatic rings. The highest BCUT2D eigenvalue weighted by Crippen LogP contribution is 2.38. The topological polar surface area (TPSA) is 128 Å². The normalized spacial score (nSPS) is 15.1. The van der Waals surface area contributed by atoms with Crippen LogP contribution in [-0.2, 0) is 10.0 Å². The number of nitrogens with zero attached hydrogens (tertiary/aromatic N) is 3. The van der Waals surface area contributed by atoms with Crippen LogP contribution in [-0.4, -0.2) is 37.4 Å². The Morgan fingerprint density at radius 1 is 1.07 bits per heavy atom. The van der Waals surface area contributed by atoms with Crippen LogP contribution in [0.5, 0.6) is 5.75 Å². The van der Waals surface area contributed by atoms with Crippen LogP contribution >= 0.6 is 0 Å². The number of anilines is 2. The number of carbonyl (C=O) groups excluding carboxylic acids is 1. The van der Waals surface area contributed by atoms with Gasteiger partial charge in [0.15, 0.2) is 5.03 Å². The summed E-state index contributed by atoms with van der Waals surface area (Å²) in [5.74, 6) is -0.434. The number of nitrogen functional groups attached to an aromatic ring is 1. The summed E-state index contributed by atoms with van der Waals surface area (Å²) in [4.78, 5) is 24.2. The Kier molecular flexibility index (Phi) is 8.39. The monoisotopic (exact) mass is 589 g/mol. The summed E-state index contributed by atoms with van der Waals surface area (Å²) in [6.07, 6.45) is 1.65. The average molecular weight is 590 g/mol. The molecule has 218 valence electrons. The van der Waals surface area contributed by atoms with Crippen LogP contribution in [0.2, 0.25) is 0 Å². The summed E-state index contributed by atoms with van der Waals surface area (Å²) in [5.41, 5.74) is 7.64. The zero-order chi connectivity index (χ0) is 29.9. The summed E-state index contributed by atoms with van der Waals surface area (Å²) in [7, 11) is -4.33. The van der Waals surface area contributed by atoms with Crippen LogP contribution in [0.25, 0.3) is 11.3 Å². The third-order valence-corrected chi connectivity index (χ3v) is 8.06.